The van der Waals surface area contributed by atoms with Gasteiger partial charge in [-0.3, -0.25) is 0 Å². The van der Waals surface area contributed by atoms with Gasteiger partial charge in [-0.2, -0.15) is 13.2 Å². The molecule has 1 heterocycles. The van der Waals surface area contributed by atoms with Crippen LogP contribution < -0.4 is 0 Å². The van der Waals surface area contributed by atoms with Gasteiger partial charge in [0, 0.05) is 10.4 Å². The maximum Gasteiger partial charge on any atom is 0.416 e. The van der Waals surface area contributed by atoms with Gasteiger partial charge in [0.05, 0.1) is 16.8 Å². The molecule has 0 saturated heterocycles. The first-order valence-corrected chi connectivity index (χ1v) is 7.22. The number of pyridine rings is 1. The molecule has 0 fully saturated rings. The molecule has 0 bridgehead atoms. The molecule has 0 saturated carbocycles. The Morgan fingerprint density at radius 1 is 0.913 bits per heavy atom. The molecule has 0 amide bonds. The molecule has 0 aliphatic carbocycles. The van der Waals surface area contributed by atoms with Crippen LogP contribution in [0.1, 0.15) is 16.8 Å². The van der Waals surface area contributed by atoms with Gasteiger partial charge in [-0.15, -0.1) is 0 Å². The second kappa shape index (κ2) is 6.05. The van der Waals surface area contributed by atoms with Gasteiger partial charge in [-0.1, -0.05) is 48.0 Å². The largest absolute Gasteiger partial charge is 0.416 e. The standard InChI is InChI=1S/C18H11ClF3N/c19-14-8-5-13-7-10-15(23-17(13)11-14)9-6-12-3-1-2-4-16(12)18(20,21)22/h1-11H/b9-6+. The molecule has 0 aliphatic rings. The fourth-order valence-electron chi connectivity index (χ4n) is 2.27. The molecular weight excluding hydrogens is 323 g/mol. The molecular formula is C18H11ClF3N. The van der Waals surface area contributed by atoms with Crippen molar-refractivity contribution >= 4 is 34.7 Å². The molecule has 2 aromatic carbocycles. The van der Waals surface area contributed by atoms with Gasteiger partial charge in [-0.05, 0) is 35.9 Å². The summed E-state index contributed by atoms with van der Waals surface area (Å²) in [6.07, 6.45) is -1.41. The highest BCUT2D eigenvalue weighted by molar-refractivity contribution is 6.31. The van der Waals surface area contributed by atoms with E-state index in [9.17, 15) is 13.2 Å². The second-order valence-electron chi connectivity index (χ2n) is 4.99. The number of hydrogen-bond donors (Lipinski definition) is 0. The van der Waals surface area contributed by atoms with Gasteiger partial charge in [0.25, 0.3) is 0 Å². The number of hydrogen-bond acceptors (Lipinski definition) is 1. The molecule has 116 valence electrons. The lowest BCUT2D eigenvalue weighted by Gasteiger charge is -2.09. The summed E-state index contributed by atoms with van der Waals surface area (Å²) in [5, 5.41) is 1.48. The molecule has 23 heavy (non-hydrogen) atoms. The van der Waals surface area contributed by atoms with Gasteiger partial charge in [-0.25, -0.2) is 4.98 Å². The highest BCUT2D eigenvalue weighted by atomic mass is 35.5. The monoisotopic (exact) mass is 333 g/mol. The molecule has 0 radical (unpaired) electrons. The molecule has 5 heteroatoms. The van der Waals surface area contributed by atoms with E-state index in [1.54, 1.807) is 30.3 Å². The molecule has 3 rings (SSSR count). The highest BCUT2D eigenvalue weighted by Gasteiger charge is 2.32. The average molecular weight is 334 g/mol. The first-order chi connectivity index (χ1) is 10.9. The lowest BCUT2D eigenvalue weighted by molar-refractivity contribution is -0.137. The Hall–Kier alpha value is -2.33. The number of aromatic nitrogens is 1. The predicted octanol–water partition coefficient (Wildman–Crippen LogP) is 6.08. The van der Waals surface area contributed by atoms with Crippen molar-refractivity contribution in [3.8, 4) is 0 Å². The molecule has 0 aliphatic heterocycles. The van der Waals surface area contributed by atoms with E-state index in [1.165, 1.54) is 18.2 Å². The molecule has 0 atom stereocenters. The molecule has 1 nitrogen and oxygen atoms in total. The van der Waals surface area contributed by atoms with E-state index in [-0.39, 0.29) is 5.56 Å². The van der Waals surface area contributed by atoms with Crippen LogP contribution in [0.2, 0.25) is 5.02 Å². The number of nitrogens with zero attached hydrogens (tertiary/aromatic N) is 1. The minimum Gasteiger partial charge on any atom is -0.248 e. The van der Waals surface area contributed by atoms with Gasteiger partial charge < -0.3 is 0 Å². The molecule has 3 aromatic rings. The number of halogens is 4. The van der Waals surface area contributed by atoms with E-state index < -0.39 is 11.7 Å². The summed E-state index contributed by atoms with van der Waals surface area (Å²) in [4.78, 5) is 4.39. The van der Waals surface area contributed by atoms with Crippen LogP contribution in [0.4, 0.5) is 13.2 Å². The van der Waals surface area contributed by atoms with Crippen LogP contribution in [0.5, 0.6) is 0 Å². The first-order valence-electron chi connectivity index (χ1n) is 6.84. The van der Waals surface area contributed by atoms with E-state index >= 15 is 0 Å². The summed E-state index contributed by atoms with van der Waals surface area (Å²) in [6.45, 7) is 0. The minimum absolute atomic E-state index is 0.105. The van der Waals surface area contributed by atoms with Crippen molar-refractivity contribution < 1.29 is 13.2 Å². The first kappa shape index (κ1) is 15.6. The lowest BCUT2D eigenvalue weighted by atomic mass is 10.1. The maximum absolute atomic E-state index is 13.0. The van der Waals surface area contributed by atoms with Crippen molar-refractivity contribution in [2.75, 3.05) is 0 Å². The second-order valence-corrected chi connectivity index (χ2v) is 5.43. The molecule has 1 aromatic heterocycles. The smallest absolute Gasteiger partial charge is 0.248 e. The Kier molecular flexibility index (Phi) is 4.09. The zero-order valence-corrected chi connectivity index (χ0v) is 12.6. The Morgan fingerprint density at radius 2 is 1.65 bits per heavy atom. The van der Waals surface area contributed by atoms with Crippen LogP contribution in [-0.2, 0) is 6.18 Å². The van der Waals surface area contributed by atoms with Crippen LogP contribution in [0, 0.1) is 0 Å². The molecule has 0 N–H and O–H groups in total. The third kappa shape index (κ3) is 3.54. The van der Waals surface area contributed by atoms with Crippen molar-refractivity contribution in [1.82, 2.24) is 4.98 Å². The minimum atomic E-state index is -4.38. The van der Waals surface area contributed by atoms with Crippen molar-refractivity contribution in [2.24, 2.45) is 0 Å². The Balaban J connectivity index is 1.98. The van der Waals surface area contributed by atoms with E-state index in [1.807, 2.05) is 12.1 Å². The zero-order chi connectivity index (χ0) is 16.4. The number of benzene rings is 2. The quantitative estimate of drug-likeness (QED) is 0.554. The SMILES string of the molecule is FC(F)(F)c1ccccc1/C=C/c1ccc2ccc(Cl)cc2n1. The summed E-state index contributed by atoms with van der Waals surface area (Å²) < 4.78 is 38.9. The van der Waals surface area contributed by atoms with Crippen molar-refractivity contribution in [3.05, 3.63) is 76.4 Å². The van der Waals surface area contributed by atoms with Gasteiger partial charge in [0.1, 0.15) is 0 Å². The number of fused-ring (bicyclic) bond motifs is 1. The number of rotatable bonds is 2. The van der Waals surface area contributed by atoms with E-state index in [2.05, 4.69) is 4.98 Å². The lowest BCUT2D eigenvalue weighted by Crippen LogP contribution is -2.06. The maximum atomic E-state index is 13.0. The average Bonchev–Trinajstić information content (AvgIpc) is 2.52. The van der Waals surface area contributed by atoms with Crippen molar-refractivity contribution in [2.45, 2.75) is 6.18 Å². The summed E-state index contributed by atoms with van der Waals surface area (Å²) in [7, 11) is 0. The molecule has 0 unspecified atom stereocenters. The topological polar surface area (TPSA) is 12.9 Å². The van der Waals surface area contributed by atoms with E-state index in [0.717, 1.165) is 11.5 Å². The van der Waals surface area contributed by atoms with Crippen LogP contribution in [-0.4, -0.2) is 4.98 Å². The van der Waals surface area contributed by atoms with Crippen LogP contribution >= 0.6 is 11.6 Å². The fourth-order valence-corrected chi connectivity index (χ4v) is 2.44. The van der Waals surface area contributed by atoms with Crippen LogP contribution in [0.15, 0.2) is 54.6 Å². The van der Waals surface area contributed by atoms with Crippen LogP contribution in [0.25, 0.3) is 23.1 Å². The van der Waals surface area contributed by atoms with Gasteiger partial charge in [0.15, 0.2) is 0 Å². The highest BCUT2D eigenvalue weighted by Crippen LogP contribution is 2.32. The van der Waals surface area contributed by atoms with Crippen LogP contribution in [0.3, 0.4) is 0 Å². The summed E-state index contributed by atoms with van der Waals surface area (Å²) >= 11 is 5.93. The van der Waals surface area contributed by atoms with Crippen molar-refractivity contribution in [3.63, 3.8) is 0 Å². The molecule has 0 spiro atoms. The predicted molar refractivity (Wildman–Crippen MR) is 87.1 cm³/mol. The Morgan fingerprint density at radius 3 is 2.43 bits per heavy atom. The third-order valence-electron chi connectivity index (χ3n) is 3.38. The normalized spacial score (nSPS) is 12.2. The van der Waals surface area contributed by atoms with Gasteiger partial charge in [0.2, 0.25) is 0 Å². The number of alkyl halides is 3. The fraction of sp³-hybridized carbons (Fsp3) is 0.0556. The Bertz CT molecular complexity index is 885. The van der Waals surface area contributed by atoms with Crippen molar-refractivity contribution in [1.29, 1.82) is 0 Å². The summed E-state index contributed by atoms with van der Waals surface area (Å²) in [6, 6.07) is 14.4. The zero-order valence-electron chi connectivity index (χ0n) is 11.8. The summed E-state index contributed by atoms with van der Waals surface area (Å²) in [5.74, 6) is 0. The van der Waals surface area contributed by atoms with E-state index in [0.29, 0.717) is 16.2 Å². The Labute approximate surface area is 136 Å². The summed E-state index contributed by atoms with van der Waals surface area (Å²) in [5.41, 5.74) is 0.702. The third-order valence-corrected chi connectivity index (χ3v) is 3.61. The van der Waals surface area contributed by atoms with Gasteiger partial charge >= 0.3 is 6.18 Å². The van der Waals surface area contributed by atoms with E-state index in [4.69, 9.17) is 11.6 Å².